The van der Waals surface area contributed by atoms with Crippen LogP contribution in [0.4, 0.5) is 0 Å². The molecule has 1 heterocycles. The SMILES string of the molecule is COc1ccc(-c2cc(=O)c3ccccc3[se]2)cc1. The van der Waals surface area contributed by atoms with Gasteiger partial charge in [0.15, 0.2) is 0 Å². The van der Waals surface area contributed by atoms with Crippen molar-refractivity contribution in [3.63, 3.8) is 0 Å². The normalized spacial score (nSPS) is 10.6. The summed E-state index contributed by atoms with van der Waals surface area (Å²) in [5, 5.41) is 0.847. The third-order valence-electron chi connectivity index (χ3n) is 3.01. The zero-order valence-electron chi connectivity index (χ0n) is 10.4. The second kappa shape index (κ2) is 5.04. The van der Waals surface area contributed by atoms with E-state index in [9.17, 15) is 4.79 Å². The number of fused-ring (bicyclic) bond motifs is 1. The molecule has 19 heavy (non-hydrogen) atoms. The first kappa shape index (κ1) is 12.2. The van der Waals surface area contributed by atoms with E-state index in [-0.39, 0.29) is 19.9 Å². The molecule has 0 radical (unpaired) electrons. The van der Waals surface area contributed by atoms with Gasteiger partial charge in [0.1, 0.15) is 0 Å². The van der Waals surface area contributed by atoms with Gasteiger partial charge in [0.2, 0.25) is 0 Å². The summed E-state index contributed by atoms with van der Waals surface area (Å²) in [6.07, 6.45) is 0. The molecule has 0 amide bonds. The average Bonchev–Trinajstić information content (AvgIpc) is 2.47. The van der Waals surface area contributed by atoms with Crippen LogP contribution in [0.1, 0.15) is 0 Å². The fourth-order valence-electron chi connectivity index (χ4n) is 2.00. The van der Waals surface area contributed by atoms with Gasteiger partial charge in [-0.2, -0.15) is 0 Å². The number of ether oxygens (including phenoxy) is 1. The zero-order valence-corrected chi connectivity index (χ0v) is 12.1. The molecule has 0 saturated heterocycles. The summed E-state index contributed by atoms with van der Waals surface area (Å²) in [4.78, 5) is 12.1. The molecule has 0 aliphatic carbocycles. The minimum absolute atomic E-state index is 0.106. The first-order valence-electron chi connectivity index (χ1n) is 5.95. The summed E-state index contributed by atoms with van der Waals surface area (Å²) < 4.78 is 7.44. The molecule has 1 aromatic heterocycles. The molecule has 3 heteroatoms. The van der Waals surface area contributed by atoms with Crippen LogP contribution in [0.5, 0.6) is 5.75 Å². The monoisotopic (exact) mass is 316 g/mol. The molecule has 2 aromatic carbocycles. The van der Waals surface area contributed by atoms with Crippen molar-refractivity contribution in [2.24, 2.45) is 0 Å². The van der Waals surface area contributed by atoms with E-state index in [0.29, 0.717) is 0 Å². The van der Waals surface area contributed by atoms with Crippen molar-refractivity contribution >= 4 is 24.1 Å². The summed E-state index contributed by atoms with van der Waals surface area (Å²) in [5.41, 5.74) is 1.21. The van der Waals surface area contributed by atoms with E-state index in [1.807, 2.05) is 48.5 Å². The summed E-state index contributed by atoms with van der Waals surface area (Å²) in [5.74, 6) is 0.833. The fraction of sp³-hybridized carbons (Fsp3) is 0.0625. The molecular weight excluding hydrogens is 303 g/mol. The number of benzene rings is 2. The summed E-state index contributed by atoms with van der Waals surface area (Å²) in [6, 6.07) is 17.5. The van der Waals surface area contributed by atoms with Gasteiger partial charge in [-0.25, -0.2) is 0 Å². The molecule has 0 fully saturated rings. The van der Waals surface area contributed by atoms with Gasteiger partial charge in [-0.3, -0.25) is 0 Å². The fourth-order valence-corrected chi connectivity index (χ4v) is 4.27. The van der Waals surface area contributed by atoms with E-state index < -0.39 is 0 Å². The standard InChI is InChI=1S/C16H12O2Se/c1-18-12-8-6-11(7-9-12)16-10-14(17)13-4-2-3-5-15(13)19-16/h2-10H,1H3. The topological polar surface area (TPSA) is 26.3 Å². The van der Waals surface area contributed by atoms with Gasteiger partial charge in [-0.15, -0.1) is 0 Å². The molecule has 0 aliphatic heterocycles. The van der Waals surface area contributed by atoms with E-state index in [2.05, 4.69) is 0 Å². The van der Waals surface area contributed by atoms with Gasteiger partial charge >= 0.3 is 117 Å². The Hall–Kier alpha value is -1.83. The van der Waals surface area contributed by atoms with Crippen LogP contribution < -0.4 is 10.2 Å². The first-order valence-corrected chi connectivity index (χ1v) is 7.66. The summed E-state index contributed by atoms with van der Waals surface area (Å²) in [6.45, 7) is 0. The molecule has 3 rings (SSSR count). The van der Waals surface area contributed by atoms with E-state index in [4.69, 9.17) is 4.74 Å². The molecule has 0 bridgehead atoms. The summed E-state index contributed by atoms with van der Waals surface area (Å²) in [7, 11) is 1.65. The number of rotatable bonds is 2. The second-order valence-electron chi connectivity index (χ2n) is 4.20. The third-order valence-corrected chi connectivity index (χ3v) is 5.42. The van der Waals surface area contributed by atoms with Crippen LogP contribution in [0, 0.1) is 0 Å². The van der Waals surface area contributed by atoms with Gasteiger partial charge in [-0.05, 0) is 0 Å². The molecule has 2 nitrogen and oxygen atoms in total. The van der Waals surface area contributed by atoms with Gasteiger partial charge in [0, 0.05) is 0 Å². The van der Waals surface area contributed by atoms with E-state index >= 15 is 0 Å². The van der Waals surface area contributed by atoms with Gasteiger partial charge < -0.3 is 0 Å². The molecule has 0 N–H and O–H groups in total. The maximum atomic E-state index is 12.1. The molecule has 0 aliphatic rings. The number of hydrogen-bond donors (Lipinski definition) is 0. The molecule has 3 aromatic rings. The second-order valence-corrected chi connectivity index (χ2v) is 6.47. The first-order chi connectivity index (χ1) is 9.28. The van der Waals surface area contributed by atoms with Gasteiger partial charge in [0.25, 0.3) is 0 Å². The Morgan fingerprint density at radius 3 is 2.47 bits per heavy atom. The average molecular weight is 315 g/mol. The molecular formula is C16H12O2Se. The van der Waals surface area contributed by atoms with Gasteiger partial charge in [-0.1, -0.05) is 0 Å². The maximum absolute atomic E-state index is 12.1. The van der Waals surface area contributed by atoms with Crippen molar-refractivity contribution in [2.75, 3.05) is 7.11 Å². The van der Waals surface area contributed by atoms with Crippen molar-refractivity contribution in [1.29, 1.82) is 0 Å². The van der Waals surface area contributed by atoms with Crippen molar-refractivity contribution in [3.05, 3.63) is 64.8 Å². The molecule has 0 saturated carbocycles. The Labute approximate surface area is 117 Å². The Bertz CT molecular complexity index is 773. The predicted molar refractivity (Wildman–Crippen MR) is 79.1 cm³/mol. The van der Waals surface area contributed by atoms with E-state index in [1.54, 1.807) is 13.2 Å². The van der Waals surface area contributed by atoms with Crippen molar-refractivity contribution in [2.45, 2.75) is 0 Å². The van der Waals surface area contributed by atoms with Crippen LogP contribution in [0.3, 0.4) is 0 Å². The molecule has 0 unspecified atom stereocenters. The Balaban J connectivity index is 2.16. The zero-order chi connectivity index (χ0) is 13.2. The predicted octanol–water partition coefficient (Wildman–Crippen LogP) is 2.93. The van der Waals surface area contributed by atoms with Crippen LogP contribution in [-0.2, 0) is 0 Å². The van der Waals surface area contributed by atoms with E-state index in [1.165, 1.54) is 0 Å². The summed E-state index contributed by atoms with van der Waals surface area (Å²) >= 11 is 0.180. The third kappa shape index (κ3) is 2.35. The Morgan fingerprint density at radius 1 is 1.00 bits per heavy atom. The quantitative estimate of drug-likeness (QED) is 0.680. The van der Waals surface area contributed by atoms with Gasteiger partial charge in [0.05, 0.1) is 0 Å². The minimum atomic E-state index is 0.106. The molecule has 0 atom stereocenters. The van der Waals surface area contributed by atoms with Crippen molar-refractivity contribution in [3.8, 4) is 15.8 Å². The molecule has 0 spiro atoms. The van der Waals surface area contributed by atoms with Crippen molar-refractivity contribution < 1.29 is 4.74 Å². The van der Waals surface area contributed by atoms with Crippen molar-refractivity contribution in [1.82, 2.24) is 0 Å². The number of hydrogen-bond acceptors (Lipinski definition) is 2. The van der Waals surface area contributed by atoms with Crippen LogP contribution in [0.15, 0.2) is 59.4 Å². The van der Waals surface area contributed by atoms with Crippen LogP contribution in [0.2, 0.25) is 0 Å². The van der Waals surface area contributed by atoms with Crippen LogP contribution >= 0.6 is 0 Å². The van der Waals surface area contributed by atoms with Crippen LogP contribution in [0.25, 0.3) is 19.6 Å². The molecule has 94 valence electrons. The number of methoxy groups -OCH3 is 1. The Morgan fingerprint density at radius 2 is 1.74 bits per heavy atom. The van der Waals surface area contributed by atoms with E-state index in [0.717, 1.165) is 25.4 Å². The van der Waals surface area contributed by atoms with Crippen LogP contribution in [-0.4, -0.2) is 21.6 Å². The Kier molecular flexibility index (Phi) is 3.24.